The Kier molecular flexibility index (Phi) is 4.80. The van der Waals surface area contributed by atoms with Crippen LogP contribution in [0.15, 0.2) is 30.9 Å². The molecule has 0 spiro atoms. The van der Waals surface area contributed by atoms with Crippen LogP contribution in [0, 0.1) is 12.8 Å². The second kappa shape index (κ2) is 7.09. The third-order valence-electron chi connectivity index (χ3n) is 5.01. The molecule has 6 heteroatoms. The first kappa shape index (κ1) is 17.6. The zero-order valence-corrected chi connectivity index (χ0v) is 16.3. The van der Waals surface area contributed by atoms with Crippen LogP contribution < -0.4 is 10.2 Å². The molecule has 1 saturated carbocycles. The lowest BCUT2D eigenvalue weighted by Crippen LogP contribution is -2.16. The number of nitrogens with one attached hydrogen (secondary N) is 1. The van der Waals surface area contributed by atoms with Crippen molar-refractivity contribution in [1.82, 2.24) is 9.97 Å². The number of rotatable bonds is 6. The molecule has 1 N–H and O–H groups in total. The van der Waals surface area contributed by atoms with E-state index in [1.807, 2.05) is 25.1 Å². The summed E-state index contributed by atoms with van der Waals surface area (Å²) in [6.45, 7) is 7.65. The Morgan fingerprint density at radius 2 is 2.12 bits per heavy atom. The Hall–Kier alpha value is -1.78. The molecule has 0 bridgehead atoms. The van der Waals surface area contributed by atoms with Gasteiger partial charge >= 0.3 is 0 Å². The first-order valence-corrected chi connectivity index (χ1v) is 9.78. The molecular weight excluding hydrogens is 367 g/mol. The molecule has 0 radical (unpaired) electrons. The first-order valence-electron chi connectivity index (χ1n) is 9.02. The minimum atomic E-state index is 0.288. The molecule has 4 rings (SSSR count). The number of allylic oxidation sites excluding steroid dienone is 1. The van der Waals surface area contributed by atoms with Crippen molar-refractivity contribution in [3.05, 3.63) is 52.3 Å². The molecule has 0 saturated heterocycles. The summed E-state index contributed by atoms with van der Waals surface area (Å²) in [5.74, 6) is 3.72. The van der Waals surface area contributed by atoms with Crippen LogP contribution in [0.1, 0.15) is 36.6 Å². The van der Waals surface area contributed by atoms with Crippen molar-refractivity contribution in [2.45, 2.75) is 32.1 Å². The molecule has 2 aliphatic rings. The molecule has 2 aromatic rings. The average Bonchev–Trinajstić information content (AvgIpc) is 3.36. The van der Waals surface area contributed by atoms with Gasteiger partial charge in [0.2, 0.25) is 0 Å². The van der Waals surface area contributed by atoms with E-state index in [-0.39, 0.29) is 5.92 Å². The standard InChI is InChI=1S/C20H22Cl2N4/c1-3-4-14-11-26(17-8-7-15(21)9-16(17)22)20-18(14)19(24-12(2)25-20)23-10-13-5-6-13/h3,7-9,13-14H,1,4-6,10-11H2,2H3,(H,23,24,25). The molecule has 136 valence electrons. The number of nitrogens with zero attached hydrogens (tertiary/aromatic N) is 3. The lowest BCUT2D eigenvalue weighted by atomic mass is 9.99. The maximum Gasteiger partial charge on any atom is 0.142 e. The Morgan fingerprint density at radius 1 is 1.31 bits per heavy atom. The van der Waals surface area contributed by atoms with E-state index in [4.69, 9.17) is 33.2 Å². The Balaban J connectivity index is 1.77. The first-order chi connectivity index (χ1) is 12.6. The van der Waals surface area contributed by atoms with Crippen molar-refractivity contribution in [3.63, 3.8) is 0 Å². The smallest absolute Gasteiger partial charge is 0.142 e. The van der Waals surface area contributed by atoms with Crippen LogP contribution in [0.4, 0.5) is 17.3 Å². The summed E-state index contributed by atoms with van der Waals surface area (Å²) in [5.41, 5.74) is 2.09. The van der Waals surface area contributed by atoms with E-state index in [0.29, 0.717) is 10.0 Å². The number of aromatic nitrogens is 2. The lowest BCUT2D eigenvalue weighted by molar-refractivity contribution is 0.742. The summed E-state index contributed by atoms with van der Waals surface area (Å²) in [7, 11) is 0. The largest absolute Gasteiger partial charge is 0.369 e. The van der Waals surface area contributed by atoms with Crippen molar-refractivity contribution < 1.29 is 0 Å². The van der Waals surface area contributed by atoms with Crippen LogP contribution in [0.5, 0.6) is 0 Å². The van der Waals surface area contributed by atoms with Crippen LogP contribution in [-0.2, 0) is 0 Å². The quantitative estimate of drug-likeness (QED) is 0.641. The topological polar surface area (TPSA) is 41.1 Å². The normalized spacial score (nSPS) is 18.7. The van der Waals surface area contributed by atoms with Crippen LogP contribution in [-0.4, -0.2) is 23.1 Å². The molecule has 0 amide bonds. The summed E-state index contributed by atoms with van der Waals surface area (Å²) < 4.78 is 0. The summed E-state index contributed by atoms with van der Waals surface area (Å²) in [6, 6.07) is 5.60. The fraction of sp³-hybridized carbons (Fsp3) is 0.400. The molecule has 1 atom stereocenters. The molecule has 1 unspecified atom stereocenters. The molecule has 4 nitrogen and oxygen atoms in total. The van der Waals surface area contributed by atoms with Crippen molar-refractivity contribution in [2.24, 2.45) is 5.92 Å². The fourth-order valence-corrected chi connectivity index (χ4v) is 4.06. The van der Waals surface area contributed by atoms with Gasteiger partial charge in [-0.1, -0.05) is 29.3 Å². The number of hydrogen-bond acceptors (Lipinski definition) is 4. The van der Waals surface area contributed by atoms with E-state index in [1.165, 1.54) is 18.4 Å². The summed E-state index contributed by atoms with van der Waals surface area (Å²) >= 11 is 12.6. The zero-order valence-electron chi connectivity index (χ0n) is 14.8. The summed E-state index contributed by atoms with van der Waals surface area (Å²) in [4.78, 5) is 11.6. The predicted octanol–water partition coefficient (Wildman–Crippen LogP) is 5.73. The van der Waals surface area contributed by atoms with Gasteiger partial charge in [0.1, 0.15) is 17.5 Å². The Morgan fingerprint density at radius 3 is 2.81 bits per heavy atom. The van der Waals surface area contributed by atoms with Gasteiger partial charge in [-0.25, -0.2) is 9.97 Å². The predicted molar refractivity (Wildman–Crippen MR) is 109 cm³/mol. The van der Waals surface area contributed by atoms with E-state index in [2.05, 4.69) is 16.8 Å². The van der Waals surface area contributed by atoms with Gasteiger partial charge in [0, 0.05) is 29.6 Å². The van der Waals surface area contributed by atoms with Crippen molar-refractivity contribution in [1.29, 1.82) is 0 Å². The monoisotopic (exact) mass is 388 g/mol. The number of fused-ring (bicyclic) bond motifs is 1. The fourth-order valence-electron chi connectivity index (χ4n) is 3.55. The molecule has 26 heavy (non-hydrogen) atoms. The number of benzene rings is 1. The number of aryl methyl sites for hydroxylation is 1. The highest BCUT2D eigenvalue weighted by Gasteiger charge is 2.35. The Labute approximate surface area is 164 Å². The molecular formula is C20H22Cl2N4. The third kappa shape index (κ3) is 3.40. The van der Waals surface area contributed by atoms with Crippen LogP contribution in [0.2, 0.25) is 10.0 Å². The second-order valence-corrected chi connectivity index (χ2v) is 7.95. The van der Waals surface area contributed by atoms with Gasteiger partial charge in [-0.3, -0.25) is 0 Å². The number of anilines is 3. The highest BCUT2D eigenvalue weighted by Crippen LogP contribution is 2.46. The van der Waals surface area contributed by atoms with E-state index in [0.717, 1.165) is 48.6 Å². The van der Waals surface area contributed by atoms with Gasteiger partial charge in [0.05, 0.1) is 10.7 Å². The van der Waals surface area contributed by atoms with Crippen molar-refractivity contribution in [2.75, 3.05) is 23.3 Å². The molecule has 1 aromatic carbocycles. The number of hydrogen-bond donors (Lipinski definition) is 1. The lowest BCUT2D eigenvalue weighted by Gasteiger charge is -2.21. The minimum absolute atomic E-state index is 0.288. The van der Waals surface area contributed by atoms with Gasteiger partial charge in [0.15, 0.2) is 0 Å². The van der Waals surface area contributed by atoms with Crippen LogP contribution in [0.25, 0.3) is 0 Å². The van der Waals surface area contributed by atoms with Gasteiger partial charge in [0.25, 0.3) is 0 Å². The van der Waals surface area contributed by atoms with Gasteiger partial charge in [-0.15, -0.1) is 6.58 Å². The summed E-state index contributed by atoms with van der Waals surface area (Å²) in [5, 5.41) is 4.83. The highest BCUT2D eigenvalue weighted by atomic mass is 35.5. The maximum absolute atomic E-state index is 6.49. The van der Waals surface area contributed by atoms with E-state index >= 15 is 0 Å². The highest BCUT2D eigenvalue weighted by molar-refractivity contribution is 6.36. The molecule has 1 aliphatic heterocycles. The average molecular weight is 389 g/mol. The van der Waals surface area contributed by atoms with Crippen LogP contribution in [0.3, 0.4) is 0 Å². The third-order valence-corrected chi connectivity index (χ3v) is 5.55. The van der Waals surface area contributed by atoms with Gasteiger partial charge < -0.3 is 10.2 Å². The molecule has 2 heterocycles. The van der Waals surface area contributed by atoms with Gasteiger partial charge in [-0.05, 0) is 50.3 Å². The maximum atomic E-state index is 6.49. The van der Waals surface area contributed by atoms with E-state index in [1.54, 1.807) is 6.07 Å². The summed E-state index contributed by atoms with van der Waals surface area (Å²) in [6.07, 6.45) is 5.45. The van der Waals surface area contributed by atoms with Crippen LogP contribution >= 0.6 is 23.2 Å². The minimum Gasteiger partial charge on any atom is -0.369 e. The van der Waals surface area contributed by atoms with Crippen molar-refractivity contribution in [3.8, 4) is 0 Å². The molecule has 1 fully saturated rings. The molecule has 1 aromatic heterocycles. The van der Waals surface area contributed by atoms with Crippen molar-refractivity contribution >= 4 is 40.5 Å². The SMILES string of the molecule is C=CCC1CN(c2ccc(Cl)cc2Cl)c2nc(C)nc(NCC3CC3)c21. The second-order valence-electron chi connectivity index (χ2n) is 7.11. The van der Waals surface area contributed by atoms with E-state index < -0.39 is 0 Å². The number of halogens is 2. The zero-order chi connectivity index (χ0) is 18.3. The Bertz CT molecular complexity index is 848. The molecule has 1 aliphatic carbocycles. The van der Waals surface area contributed by atoms with E-state index in [9.17, 15) is 0 Å². The van der Waals surface area contributed by atoms with Gasteiger partial charge in [-0.2, -0.15) is 0 Å².